The summed E-state index contributed by atoms with van der Waals surface area (Å²) in [5, 5.41) is 0. The Kier molecular flexibility index (Phi) is 3.93. The van der Waals surface area contributed by atoms with Gasteiger partial charge < -0.3 is 11.5 Å². The number of hydrogen-bond donors (Lipinski definition) is 2. The van der Waals surface area contributed by atoms with Gasteiger partial charge in [0.2, 0.25) is 0 Å². The van der Waals surface area contributed by atoms with Crippen molar-refractivity contribution in [2.24, 2.45) is 11.5 Å². The van der Waals surface area contributed by atoms with Crippen LogP contribution in [0.15, 0.2) is 18.2 Å². The molecule has 0 radical (unpaired) electrons. The van der Waals surface area contributed by atoms with Crippen molar-refractivity contribution in [1.29, 1.82) is 0 Å². The summed E-state index contributed by atoms with van der Waals surface area (Å²) < 4.78 is 0. The van der Waals surface area contributed by atoms with Crippen LogP contribution in [0.3, 0.4) is 0 Å². The van der Waals surface area contributed by atoms with E-state index in [4.69, 9.17) is 11.5 Å². The largest absolute Gasteiger partial charge is 0.330 e. The van der Waals surface area contributed by atoms with Crippen LogP contribution in [0.25, 0.3) is 0 Å². The third kappa shape index (κ3) is 3.17. The highest BCUT2D eigenvalue weighted by atomic mass is 14.5. The molecule has 0 saturated carbocycles. The highest BCUT2D eigenvalue weighted by Gasteiger charge is 1.97. The lowest BCUT2D eigenvalue weighted by Crippen LogP contribution is -2.06. The molecule has 0 saturated heterocycles. The van der Waals surface area contributed by atoms with Gasteiger partial charge >= 0.3 is 0 Å². The van der Waals surface area contributed by atoms with E-state index < -0.39 is 0 Å². The maximum absolute atomic E-state index is 5.51. The Hall–Kier alpha value is -0.860. The van der Waals surface area contributed by atoms with Crippen LogP contribution in [0.5, 0.6) is 0 Å². The van der Waals surface area contributed by atoms with Crippen molar-refractivity contribution in [3.8, 4) is 0 Å². The number of aryl methyl sites for hydroxylation is 1. The van der Waals surface area contributed by atoms with E-state index in [1.165, 1.54) is 16.7 Å². The van der Waals surface area contributed by atoms with Crippen LogP contribution in [0.2, 0.25) is 0 Å². The molecule has 72 valence electrons. The number of nitrogens with two attached hydrogens (primary N) is 2. The molecule has 2 nitrogen and oxygen atoms in total. The molecular formula is C11H18N2. The SMILES string of the molecule is Cc1cc(CCN)cc(CCN)c1. The molecule has 0 spiro atoms. The van der Waals surface area contributed by atoms with E-state index in [9.17, 15) is 0 Å². The Balaban J connectivity index is 2.83. The third-order valence-corrected chi connectivity index (χ3v) is 2.06. The van der Waals surface area contributed by atoms with Crippen molar-refractivity contribution in [3.05, 3.63) is 34.9 Å². The molecule has 0 bridgehead atoms. The highest BCUT2D eigenvalue weighted by Crippen LogP contribution is 2.10. The van der Waals surface area contributed by atoms with E-state index in [1.54, 1.807) is 0 Å². The summed E-state index contributed by atoms with van der Waals surface area (Å²) in [4.78, 5) is 0. The molecule has 2 heteroatoms. The van der Waals surface area contributed by atoms with E-state index in [0.717, 1.165) is 12.8 Å². The smallest absolute Gasteiger partial charge is 0.00367 e. The summed E-state index contributed by atoms with van der Waals surface area (Å²) in [5.41, 5.74) is 15.0. The van der Waals surface area contributed by atoms with Crippen LogP contribution in [0.1, 0.15) is 16.7 Å². The molecule has 0 amide bonds. The monoisotopic (exact) mass is 178 g/mol. The summed E-state index contributed by atoms with van der Waals surface area (Å²) in [5.74, 6) is 0. The van der Waals surface area contributed by atoms with E-state index in [-0.39, 0.29) is 0 Å². The zero-order chi connectivity index (χ0) is 9.68. The van der Waals surface area contributed by atoms with Gasteiger partial charge in [-0.25, -0.2) is 0 Å². The third-order valence-electron chi connectivity index (χ3n) is 2.06. The summed E-state index contributed by atoms with van der Waals surface area (Å²) >= 11 is 0. The molecule has 1 aromatic rings. The van der Waals surface area contributed by atoms with Crippen molar-refractivity contribution in [3.63, 3.8) is 0 Å². The van der Waals surface area contributed by atoms with Gasteiger partial charge in [0.1, 0.15) is 0 Å². The van der Waals surface area contributed by atoms with Crippen LogP contribution in [-0.2, 0) is 12.8 Å². The van der Waals surface area contributed by atoms with Gasteiger partial charge in [-0.1, -0.05) is 23.8 Å². The number of rotatable bonds is 4. The Labute approximate surface area is 79.9 Å². The van der Waals surface area contributed by atoms with Gasteiger partial charge in [0, 0.05) is 0 Å². The van der Waals surface area contributed by atoms with Gasteiger partial charge in [0.25, 0.3) is 0 Å². The molecule has 0 aromatic heterocycles. The van der Waals surface area contributed by atoms with Gasteiger partial charge in [0.05, 0.1) is 0 Å². The van der Waals surface area contributed by atoms with Gasteiger partial charge in [-0.2, -0.15) is 0 Å². The van der Waals surface area contributed by atoms with Crippen molar-refractivity contribution < 1.29 is 0 Å². The minimum absolute atomic E-state index is 0.714. The molecule has 0 heterocycles. The zero-order valence-corrected chi connectivity index (χ0v) is 8.22. The van der Waals surface area contributed by atoms with Crippen molar-refractivity contribution >= 4 is 0 Å². The van der Waals surface area contributed by atoms with Gasteiger partial charge in [-0.15, -0.1) is 0 Å². The van der Waals surface area contributed by atoms with E-state index in [0.29, 0.717) is 13.1 Å². The number of benzene rings is 1. The van der Waals surface area contributed by atoms with Crippen molar-refractivity contribution in [2.75, 3.05) is 13.1 Å². The molecule has 0 aliphatic carbocycles. The van der Waals surface area contributed by atoms with Crippen LogP contribution in [0.4, 0.5) is 0 Å². The fourth-order valence-corrected chi connectivity index (χ4v) is 1.57. The summed E-state index contributed by atoms with van der Waals surface area (Å²) in [6, 6.07) is 6.58. The van der Waals surface area contributed by atoms with Crippen LogP contribution in [0, 0.1) is 6.92 Å². The molecule has 0 aliphatic heterocycles. The van der Waals surface area contributed by atoms with E-state index in [1.807, 2.05) is 0 Å². The van der Waals surface area contributed by atoms with Gasteiger partial charge in [-0.05, 0) is 44.0 Å². The molecule has 0 unspecified atom stereocenters. The fraction of sp³-hybridized carbons (Fsp3) is 0.455. The average molecular weight is 178 g/mol. The molecule has 0 fully saturated rings. The minimum Gasteiger partial charge on any atom is -0.330 e. The quantitative estimate of drug-likeness (QED) is 0.722. The van der Waals surface area contributed by atoms with Crippen molar-refractivity contribution in [1.82, 2.24) is 0 Å². The summed E-state index contributed by atoms with van der Waals surface area (Å²) in [6.07, 6.45) is 1.92. The predicted molar refractivity (Wildman–Crippen MR) is 56.7 cm³/mol. The zero-order valence-electron chi connectivity index (χ0n) is 8.22. The second kappa shape index (κ2) is 5.00. The van der Waals surface area contributed by atoms with Gasteiger partial charge in [0.15, 0.2) is 0 Å². The molecule has 1 aromatic carbocycles. The van der Waals surface area contributed by atoms with E-state index in [2.05, 4.69) is 25.1 Å². The van der Waals surface area contributed by atoms with E-state index >= 15 is 0 Å². The van der Waals surface area contributed by atoms with Gasteiger partial charge in [-0.3, -0.25) is 0 Å². The number of hydrogen-bond acceptors (Lipinski definition) is 2. The second-order valence-electron chi connectivity index (χ2n) is 3.40. The van der Waals surface area contributed by atoms with Crippen molar-refractivity contribution in [2.45, 2.75) is 19.8 Å². The minimum atomic E-state index is 0.714. The fourth-order valence-electron chi connectivity index (χ4n) is 1.57. The topological polar surface area (TPSA) is 52.0 Å². The summed E-state index contributed by atoms with van der Waals surface area (Å²) in [6.45, 7) is 3.54. The lowest BCUT2D eigenvalue weighted by atomic mass is 10.0. The molecule has 0 aliphatic rings. The molecular weight excluding hydrogens is 160 g/mol. The molecule has 0 atom stereocenters. The first kappa shape index (κ1) is 10.2. The van der Waals surface area contributed by atoms with Crippen LogP contribution in [-0.4, -0.2) is 13.1 Å². The Bertz CT molecular complexity index is 245. The first-order valence-corrected chi connectivity index (χ1v) is 4.76. The Morgan fingerprint density at radius 2 is 1.38 bits per heavy atom. The highest BCUT2D eigenvalue weighted by molar-refractivity contribution is 5.29. The second-order valence-corrected chi connectivity index (χ2v) is 3.40. The maximum atomic E-state index is 5.51. The normalized spacial score (nSPS) is 10.4. The first-order chi connectivity index (χ1) is 6.26. The predicted octanol–water partition coefficient (Wildman–Crippen LogP) is 0.997. The molecule has 13 heavy (non-hydrogen) atoms. The Morgan fingerprint density at radius 3 is 1.77 bits per heavy atom. The molecule has 1 rings (SSSR count). The maximum Gasteiger partial charge on any atom is -0.00367 e. The van der Waals surface area contributed by atoms with Crippen LogP contribution < -0.4 is 11.5 Å². The Morgan fingerprint density at radius 1 is 0.923 bits per heavy atom. The lowest BCUT2D eigenvalue weighted by molar-refractivity contribution is 0.937. The summed E-state index contributed by atoms with van der Waals surface area (Å²) in [7, 11) is 0. The standard InChI is InChI=1S/C11H18N2/c1-9-6-10(2-4-12)8-11(7-9)3-5-13/h6-8H,2-5,12-13H2,1H3. The average Bonchev–Trinajstić information content (AvgIpc) is 2.04. The first-order valence-electron chi connectivity index (χ1n) is 4.76. The lowest BCUT2D eigenvalue weighted by Gasteiger charge is -2.05. The molecule has 4 N–H and O–H groups in total. The van der Waals surface area contributed by atoms with Crippen LogP contribution >= 0.6 is 0 Å².